The second kappa shape index (κ2) is 6.39. The highest BCUT2D eigenvalue weighted by molar-refractivity contribution is 6.30. The quantitative estimate of drug-likeness (QED) is 0.884. The van der Waals surface area contributed by atoms with E-state index in [0.29, 0.717) is 28.5 Å². The molecule has 2 aliphatic rings. The van der Waals surface area contributed by atoms with Gasteiger partial charge in [-0.1, -0.05) is 23.7 Å². The maximum atomic E-state index is 13.4. The number of nitrogens with one attached hydrogen (secondary N) is 1. The summed E-state index contributed by atoms with van der Waals surface area (Å²) in [5, 5.41) is 3.41. The van der Waals surface area contributed by atoms with Gasteiger partial charge in [0, 0.05) is 30.1 Å². The molecular weight excluding hydrogens is 366 g/mol. The fourth-order valence-electron chi connectivity index (χ4n) is 3.97. The SMILES string of the molecule is CCN1C(=O)c2ccccc2N2C(=O)CC[C@@]12C(=O)Nc1ccc(Cl)cc1. The molecule has 2 heterocycles. The van der Waals surface area contributed by atoms with E-state index < -0.39 is 11.6 Å². The second-order valence-corrected chi connectivity index (χ2v) is 7.01. The van der Waals surface area contributed by atoms with Crippen LogP contribution in [0.25, 0.3) is 0 Å². The molecule has 138 valence electrons. The van der Waals surface area contributed by atoms with Crippen LogP contribution in [0.5, 0.6) is 0 Å². The highest BCUT2D eigenvalue weighted by Crippen LogP contribution is 2.44. The Morgan fingerprint density at radius 2 is 1.85 bits per heavy atom. The maximum absolute atomic E-state index is 13.4. The van der Waals surface area contributed by atoms with Gasteiger partial charge in [-0.3, -0.25) is 19.3 Å². The monoisotopic (exact) mass is 383 g/mol. The van der Waals surface area contributed by atoms with Crippen molar-refractivity contribution in [2.45, 2.75) is 25.4 Å². The smallest absolute Gasteiger partial charge is 0.271 e. The van der Waals surface area contributed by atoms with Crippen LogP contribution < -0.4 is 10.2 Å². The van der Waals surface area contributed by atoms with Gasteiger partial charge in [0.25, 0.3) is 11.8 Å². The first-order chi connectivity index (χ1) is 13.0. The summed E-state index contributed by atoms with van der Waals surface area (Å²) < 4.78 is 0. The molecule has 0 spiro atoms. The molecule has 0 aliphatic carbocycles. The first-order valence-electron chi connectivity index (χ1n) is 8.80. The number of likely N-dealkylation sites (N-methyl/N-ethyl adjacent to an activating group) is 1. The summed E-state index contributed by atoms with van der Waals surface area (Å²) in [7, 11) is 0. The zero-order valence-corrected chi connectivity index (χ0v) is 15.5. The molecule has 0 aromatic heterocycles. The third kappa shape index (κ3) is 2.51. The van der Waals surface area contributed by atoms with E-state index >= 15 is 0 Å². The molecule has 4 rings (SSSR count). The molecule has 7 heteroatoms. The van der Waals surface area contributed by atoms with Crippen molar-refractivity contribution in [2.24, 2.45) is 0 Å². The molecule has 2 aliphatic heterocycles. The molecule has 2 aromatic rings. The van der Waals surface area contributed by atoms with Crippen molar-refractivity contribution in [2.75, 3.05) is 16.8 Å². The third-order valence-corrected chi connectivity index (χ3v) is 5.41. The Kier molecular flexibility index (Phi) is 4.15. The Labute approximate surface area is 161 Å². The Hall–Kier alpha value is -2.86. The number of carbonyl (C=O) groups excluding carboxylic acids is 3. The normalized spacial score (nSPS) is 21.1. The molecule has 2 aromatic carbocycles. The number of hydrogen-bond acceptors (Lipinski definition) is 3. The van der Waals surface area contributed by atoms with Crippen LogP contribution in [0.1, 0.15) is 30.1 Å². The zero-order chi connectivity index (χ0) is 19.2. The van der Waals surface area contributed by atoms with E-state index in [1.54, 1.807) is 48.5 Å². The van der Waals surface area contributed by atoms with E-state index in [1.165, 1.54) is 9.80 Å². The van der Waals surface area contributed by atoms with Crippen molar-refractivity contribution in [3.63, 3.8) is 0 Å². The van der Waals surface area contributed by atoms with Crippen LogP contribution in [0.3, 0.4) is 0 Å². The minimum Gasteiger partial charge on any atom is -0.322 e. The molecular formula is C20H18ClN3O3. The van der Waals surface area contributed by atoms with Gasteiger partial charge in [0.2, 0.25) is 11.6 Å². The molecule has 1 atom stereocenters. The fraction of sp³-hybridized carbons (Fsp3) is 0.250. The molecule has 0 radical (unpaired) electrons. The number of benzene rings is 2. The number of para-hydroxylation sites is 1. The lowest BCUT2D eigenvalue weighted by Crippen LogP contribution is -2.69. The lowest BCUT2D eigenvalue weighted by atomic mass is 9.95. The van der Waals surface area contributed by atoms with E-state index in [-0.39, 0.29) is 24.7 Å². The molecule has 6 nitrogen and oxygen atoms in total. The summed E-state index contributed by atoms with van der Waals surface area (Å²) >= 11 is 5.91. The van der Waals surface area contributed by atoms with Crippen LogP contribution in [0.15, 0.2) is 48.5 Å². The van der Waals surface area contributed by atoms with Gasteiger partial charge in [0.05, 0.1) is 11.3 Å². The van der Waals surface area contributed by atoms with Crippen LogP contribution >= 0.6 is 11.6 Å². The average molecular weight is 384 g/mol. The van der Waals surface area contributed by atoms with Gasteiger partial charge < -0.3 is 10.2 Å². The summed E-state index contributed by atoms with van der Waals surface area (Å²) in [5.41, 5.74) is 0.114. The van der Waals surface area contributed by atoms with Crippen molar-refractivity contribution >= 4 is 40.7 Å². The molecule has 27 heavy (non-hydrogen) atoms. The van der Waals surface area contributed by atoms with Crippen LogP contribution in [0.2, 0.25) is 5.02 Å². The summed E-state index contributed by atoms with van der Waals surface area (Å²) in [6.07, 6.45) is 0.450. The molecule has 1 saturated heterocycles. The van der Waals surface area contributed by atoms with Crippen molar-refractivity contribution in [1.82, 2.24) is 4.90 Å². The first-order valence-corrected chi connectivity index (χ1v) is 9.18. The van der Waals surface area contributed by atoms with Gasteiger partial charge in [0.15, 0.2) is 0 Å². The van der Waals surface area contributed by atoms with Gasteiger partial charge in [-0.15, -0.1) is 0 Å². The molecule has 0 saturated carbocycles. The molecule has 0 bridgehead atoms. The Bertz CT molecular complexity index is 944. The standard InChI is InChI=1S/C20H18ClN3O3/c1-2-23-18(26)15-5-3-4-6-16(15)24-17(25)11-12-20(23,24)19(27)22-14-9-7-13(21)8-10-14/h3-10H,2,11-12H2,1H3,(H,22,27)/t20-/m1/s1. The largest absolute Gasteiger partial charge is 0.322 e. The third-order valence-electron chi connectivity index (χ3n) is 5.16. The number of rotatable bonds is 3. The number of fused-ring (bicyclic) bond motifs is 3. The Morgan fingerprint density at radius 3 is 2.56 bits per heavy atom. The highest BCUT2D eigenvalue weighted by atomic mass is 35.5. The van der Waals surface area contributed by atoms with E-state index in [0.717, 1.165) is 0 Å². The fourth-order valence-corrected chi connectivity index (χ4v) is 4.10. The van der Waals surface area contributed by atoms with E-state index in [1.807, 2.05) is 6.92 Å². The van der Waals surface area contributed by atoms with E-state index in [4.69, 9.17) is 11.6 Å². The minimum atomic E-state index is -1.36. The topological polar surface area (TPSA) is 69.7 Å². The van der Waals surface area contributed by atoms with Crippen LogP contribution in [-0.2, 0) is 9.59 Å². The predicted molar refractivity (Wildman–Crippen MR) is 103 cm³/mol. The van der Waals surface area contributed by atoms with Crippen LogP contribution in [0.4, 0.5) is 11.4 Å². The number of halogens is 1. The molecule has 0 unspecified atom stereocenters. The van der Waals surface area contributed by atoms with E-state index in [2.05, 4.69) is 5.32 Å². The van der Waals surface area contributed by atoms with Crippen molar-refractivity contribution < 1.29 is 14.4 Å². The molecule has 1 N–H and O–H groups in total. The number of anilines is 2. The highest BCUT2D eigenvalue weighted by Gasteiger charge is 2.60. The van der Waals surface area contributed by atoms with Crippen molar-refractivity contribution in [1.29, 1.82) is 0 Å². The van der Waals surface area contributed by atoms with Gasteiger partial charge in [0.1, 0.15) is 0 Å². The first kappa shape index (κ1) is 17.5. The number of nitrogens with zero attached hydrogens (tertiary/aromatic N) is 2. The number of amides is 3. The molecule has 1 fully saturated rings. The summed E-state index contributed by atoms with van der Waals surface area (Å²) in [5.74, 6) is -0.815. The summed E-state index contributed by atoms with van der Waals surface area (Å²) in [4.78, 5) is 42.2. The lowest BCUT2D eigenvalue weighted by molar-refractivity contribution is -0.128. The average Bonchev–Trinajstić information content (AvgIpc) is 3.02. The lowest BCUT2D eigenvalue weighted by Gasteiger charge is -2.48. The number of hydrogen-bond donors (Lipinski definition) is 1. The number of carbonyl (C=O) groups is 3. The Balaban J connectivity index is 1.82. The summed E-state index contributed by atoms with van der Waals surface area (Å²) in [6, 6.07) is 13.6. The van der Waals surface area contributed by atoms with Gasteiger partial charge in [-0.25, -0.2) is 0 Å². The van der Waals surface area contributed by atoms with Crippen LogP contribution in [0, 0.1) is 0 Å². The molecule has 3 amide bonds. The minimum absolute atomic E-state index is 0.167. The van der Waals surface area contributed by atoms with Crippen molar-refractivity contribution in [3.8, 4) is 0 Å². The zero-order valence-electron chi connectivity index (χ0n) is 14.7. The second-order valence-electron chi connectivity index (χ2n) is 6.57. The Morgan fingerprint density at radius 1 is 1.15 bits per heavy atom. The van der Waals surface area contributed by atoms with Gasteiger partial charge in [-0.2, -0.15) is 0 Å². The van der Waals surface area contributed by atoms with Gasteiger partial charge in [-0.05, 0) is 43.3 Å². The van der Waals surface area contributed by atoms with Crippen LogP contribution in [-0.4, -0.2) is 34.8 Å². The van der Waals surface area contributed by atoms with Crippen molar-refractivity contribution in [3.05, 3.63) is 59.1 Å². The predicted octanol–water partition coefficient (Wildman–Crippen LogP) is 3.28. The summed E-state index contributed by atoms with van der Waals surface area (Å²) in [6.45, 7) is 2.12. The maximum Gasteiger partial charge on any atom is 0.271 e. The van der Waals surface area contributed by atoms with Gasteiger partial charge >= 0.3 is 0 Å². The van der Waals surface area contributed by atoms with E-state index in [9.17, 15) is 14.4 Å².